The first-order chi connectivity index (χ1) is 16.2. The van der Waals surface area contributed by atoms with Crippen molar-refractivity contribution in [1.29, 1.82) is 0 Å². The van der Waals surface area contributed by atoms with E-state index in [1.165, 1.54) is 12.1 Å². The van der Waals surface area contributed by atoms with Crippen LogP contribution in [0.5, 0.6) is 5.75 Å². The number of rotatable bonds is 7. The Labute approximate surface area is 200 Å². The summed E-state index contributed by atoms with van der Waals surface area (Å²) in [7, 11) is 0. The second kappa shape index (κ2) is 9.81. The minimum absolute atomic E-state index is 0.0748. The highest BCUT2D eigenvalue weighted by Crippen LogP contribution is 2.37. The lowest BCUT2D eigenvalue weighted by molar-refractivity contribution is -0.153. The molecule has 0 bridgehead atoms. The molecule has 34 heavy (non-hydrogen) atoms. The molecule has 0 saturated carbocycles. The molecule has 0 fully saturated rings. The van der Waals surface area contributed by atoms with Crippen molar-refractivity contribution in [3.63, 3.8) is 0 Å². The second-order valence-electron chi connectivity index (χ2n) is 7.93. The zero-order chi connectivity index (χ0) is 24.3. The van der Waals surface area contributed by atoms with Crippen molar-refractivity contribution in [1.82, 2.24) is 5.32 Å². The Hall–Kier alpha value is -3.45. The third-order valence-corrected chi connectivity index (χ3v) is 5.68. The molecule has 0 aliphatic carbocycles. The van der Waals surface area contributed by atoms with E-state index < -0.39 is 18.8 Å². The molecule has 1 heterocycles. The predicted octanol–water partition coefficient (Wildman–Crippen LogP) is 6.60. The summed E-state index contributed by atoms with van der Waals surface area (Å²) in [5.41, 5.74) is 2.65. The summed E-state index contributed by atoms with van der Waals surface area (Å²) in [6.07, 6.45) is -2.67. The van der Waals surface area contributed by atoms with Crippen LogP contribution in [0, 0.1) is 0 Å². The van der Waals surface area contributed by atoms with E-state index in [1.54, 1.807) is 47.4 Å². The maximum atomic E-state index is 13.5. The number of benzene rings is 3. The van der Waals surface area contributed by atoms with E-state index in [4.69, 9.17) is 16.3 Å². The van der Waals surface area contributed by atoms with Crippen LogP contribution in [0.3, 0.4) is 0 Å². The van der Waals surface area contributed by atoms with Gasteiger partial charge in [0.05, 0.1) is 11.7 Å². The fraction of sp³-hybridized carbons (Fsp3) is 0.192. The van der Waals surface area contributed by atoms with Gasteiger partial charge in [-0.3, -0.25) is 9.69 Å². The second-order valence-corrected chi connectivity index (χ2v) is 8.37. The van der Waals surface area contributed by atoms with E-state index >= 15 is 0 Å². The Morgan fingerprint density at radius 1 is 1.03 bits per heavy atom. The minimum Gasteiger partial charge on any atom is -0.484 e. The number of nitrogens with zero attached hydrogens (tertiary/aromatic N) is 1. The van der Waals surface area contributed by atoms with Crippen LogP contribution in [0.4, 0.5) is 18.9 Å². The van der Waals surface area contributed by atoms with Crippen molar-refractivity contribution in [3.05, 3.63) is 107 Å². The first kappa shape index (κ1) is 23.7. The van der Waals surface area contributed by atoms with Gasteiger partial charge in [-0.2, -0.15) is 13.2 Å². The Morgan fingerprint density at radius 3 is 2.41 bits per heavy atom. The van der Waals surface area contributed by atoms with Crippen LogP contribution >= 0.6 is 11.6 Å². The van der Waals surface area contributed by atoms with Gasteiger partial charge in [0.25, 0.3) is 5.91 Å². The van der Waals surface area contributed by atoms with Crippen molar-refractivity contribution in [2.75, 3.05) is 11.5 Å². The van der Waals surface area contributed by atoms with E-state index in [0.29, 0.717) is 22.0 Å². The zero-order valence-corrected chi connectivity index (χ0v) is 19.0. The first-order valence-electron chi connectivity index (χ1n) is 10.6. The predicted molar refractivity (Wildman–Crippen MR) is 126 cm³/mol. The number of hydrogen-bond donors (Lipinski definition) is 1. The minimum atomic E-state index is -4.45. The fourth-order valence-electron chi connectivity index (χ4n) is 3.81. The molecule has 1 aliphatic rings. The molecule has 2 atom stereocenters. The van der Waals surface area contributed by atoms with Crippen LogP contribution in [0.2, 0.25) is 5.02 Å². The van der Waals surface area contributed by atoms with E-state index in [0.717, 1.165) is 5.56 Å². The van der Waals surface area contributed by atoms with Gasteiger partial charge in [0.1, 0.15) is 5.75 Å². The smallest absolute Gasteiger partial charge is 0.422 e. The molecule has 4 nitrogen and oxygen atoms in total. The maximum Gasteiger partial charge on any atom is 0.422 e. The summed E-state index contributed by atoms with van der Waals surface area (Å²) in [6, 6.07) is 22.2. The summed E-state index contributed by atoms with van der Waals surface area (Å²) in [5.74, 6) is -0.178. The molecule has 0 aromatic heterocycles. The lowest BCUT2D eigenvalue weighted by Crippen LogP contribution is -2.33. The molecule has 0 unspecified atom stereocenters. The summed E-state index contributed by atoms with van der Waals surface area (Å²) in [5, 5.41) is 3.81. The van der Waals surface area contributed by atoms with Crippen LogP contribution in [0.25, 0.3) is 0 Å². The third kappa shape index (κ3) is 5.54. The molecule has 1 amide bonds. The van der Waals surface area contributed by atoms with E-state index in [9.17, 15) is 18.0 Å². The summed E-state index contributed by atoms with van der Waals surface area (Å²) in [4.78, 5) is 15.0. The van der Waals surface area contributed by atoms with Gasteiger partial charge in [0.15, 0.2) is 6.61 Å². The van der Waals surface area contributed by atoms with Gasteiger partial charge in [-0.05, 0) is 60.5 Å². The van der Waals surface area contributed by atoms with Gasteiger partial charge >= 0.3 is 6.18 Å². The number of anilines is 1. The third-order valence-electron chi connectivity index (χ3n) is 5.43. The molecule has 0 saturated heterocycles. The highest BCUT2D eigenvalue weighted by Gasteiger charge is 2.35. The summed E-state index contributed by atoms with van der Waals surface area (Å²) in [6.45, 7) is 0.563. The number of hydrogen-bond acceptors (Lipinski definition) is 3. The highest BCUT2D eigenvalue weighted by atomic mass is 35.5. The van der Waals surface area contributed by atoms with Gasteiger partial charge in [-0.25, -0.2) is 0 Å². The van der Waals surface area contributed by atoms with Crippen LogP contribution in [-0.4, -0.2) is 18.7 Å². The average molecular weight is 487 g/mol. The van der Waals surface area contributed by atoms with Crippen LogP contribution in [0.15, 0.2) is 90.6 Å². The van der Waals surface area contributed by atoms with Crippen molar-refractivity contribution < 1.29 is 22.7 Å². The van der Waals surface area contributed by atoms with Crippen molar-refractivity contribution in [3.8, 4) is 5.75 Å². The number of alkyl halides is 3. The maximum absolute atomic E-state index is 13.5. The largest absolute Gasteiger partial charge is 0.484 e. The van der Waals surface area contributed by atoms with E-state index in [2.05, 4.69) is 5.32 Å². The van der Waals surface area contributed by atoms with Gasteiger partial charge in [0, 0.05) is 16.8 Å². The fourth-order valence-corrected chi connectivity index (χ4v) is 3.93. The molecule has 0 radical (unpaired) electrons. The van der Waals surface area contributed by atoms with Crippen molar-refractivity contribution >= 4 is 23.2 Å². The first-order valence-corrected chi connectivity index (χ1v) is 11.0. The number of nitrogens with one attached hydrogen (secondary N) is 1. The van der Waals surface area contributed by atoms with Crippen LogP contribution in [-0.2, 0) is 4.79 Å². The SMILES string of the molecule is C[C@@H](NC1=C[C@H](c2cccc(OCC(F)(F)F)c2)N(c2ccc(Cl)cc2)C1=O)c1ccccc1. The number of carbonyl (C=O) groups is 1. The standard InChI is InChI=1S/C26H22ClF3N2O2/c1-17(18-6-3-2-4-7-18)31-23-15-24(32(25(23)33)21-12-10-20(27)11-13-21)19-8-5-9-22(14-19)34-16-26(28,29)30/h2-15,17,24,31H,16H2,1H3/t17-,24-/m1/s1. The van der Waals surface area contributed by atoms with Gasteiger partial charge in [-0.1, -0.05) is 54.1 Å². The van der Waals surface area contributed by atoms with Crippen molar-refractivity contribution in [2.45, 2.75) is 25.2 Å². The molecular weight excluding hydrogens is 465 g/mol. The normalized spacial score (nSPS) is 16.9. The van der Waals surface area contributed by atoms with Gasteiger partial charge in [0.2, 0.25) is 0 Å². The molecule has 8 heteroatoms. The monoisotopic (exact) mass is 486 g/mol. The number of ether oxygens (including phenoxy) is 1. The Balaban J connectivity index is 1.66. The Morgan fingerprint density at radius 2 is 1.74 bits per heavy atom. The molecule has 176 valence electrons. The van der Waals surface area contributed by atoms with Gasteiger partial charge in [-0.15, -0.1) is 0 Å². The lowest BCUT2D eigenvalue weighted by Gasteiger charge is -2.26. The summed E-state index contributed by atoms with van der Waals surface area (Å²) < 4.78 is 42.8. The Kier molecular flexibility index (Phi) is 6.84. The van der Waals surface area contributed by atoms with Crippen LogP contribution < -0.4 is 15.0 Å². The number of carbonyl (C=O) groups excluding carboxylic acids is 1. The number of halogens is 4. The van der Waals surface area contributed by atoms with Crippen molar-refractivity contribution in [2.24, 2.45) is 0 Å². The van der Waals surface area contributed by atoms with E-state index in [1.807, 2.05) is 37.3 Å². The Bertz CT molecular complexity index is 1180. The van der Waals surface area contributed by atoms with E-state index in [-0.39, 0.29) is 17.7 Å². The molecule has 3 aromatic carbocycles. The van der Waals surface area contributed by atoms with Gasteiger partial charge < -0.3 is 10.1 Å². The number of amides is 1. The molecular formula is C26H22ClF3N2O2. The molecule has 0 spiro atoms. The molecule has 3 aromatic rings. The molecule has 4 rings (SSSR count). The van der Waals surface area contributed by atoms with Crippen LogP contribution in [0.1, 0.15) is 30.1 Å². The quantitative estimate of drug-likeness (QED) is 0.409. The molecule has 1 N–H and O–H groups in total. The topological polar surface area (TPSA) is 41.6 Å². The highest BCUT2D eigenvalue weighted by molar-refractivity contribution is 6.30. The zero-order valence-electron chi connectivity index (χ0n) is 18.2. The summed E-state index contributed by atoms with van der Waals surface area (Å²) >= 11 is 6.03. The lowest BCUT2D eigenvalue weighted by atomic mass is 10.1. The average Bonchev–Trinajstić information content (AvgIpc) is 3.14. The molecule has 1 aliphatic heterocycles.